The van der Waals surface area contributed by atoms with Crippen LogP contribution in [-0.2, 0) is 0 Å². The van der Waals surface area contributed by atoms with Gasteiger partial charge < -0.3 is 13.9 Å². The van der Waals surface area contributed by atoms with Gasteiger partial charge in [0, 0.05) is 38.1 Å². The molecule has 7 aromatic carbocycles. The molecular formula is C42H28N2OS. The number of furan rings is 1. The third-order valence-corrected chi connectivity index (χ3v) is 9.25. The van der Waals surface area contributed by atoms with E-state index in [9.17, 15) is 0 Å². The number of aromatic nitrogens is 1. The molecule has 0 N–H and O–H groups in total. The molecule has 0 unspecified atom stereocenters. The first kappa shape index (κ1) is 26.7. The van der Waals surface area contributed by atoms with Gasteiger partial charge in [0.2, 0.25) is 0 Å². The van der Waals surface area contributed by atoms with Crippen LogP contribution in [-0.4, -0.2) is 4.57 Å². The van der Waals surface area contributed by atoms with Gasteiger partial charge in [0.25, 0.3) is 0 Å². The van der Waals surface area contributed by atoms with E-state index in [1.165, 1.54) is 16.3 Å². The zero-order valence-electron chi connectivity index (χ0n) is 24.8. The minimum absolute atomic E-state index is 0.857. The first-order chi connectivity index (χ1) is 22.7. The normalized spacial score (nSPS) is 11.6. The highest BCUT2D eigenvalue weighted by molar-refractivity contribution is 7.80. The number of rotatable bonds is 5. The summed E-state index contributed by atoms with van der Waals surface area (Å²) in [5, 5.41) is 4.61. The van der Waals surface area contributed by atoms with Gasteiger partial charge in [0.05, 0.1) is 22.1 Å². The first-order valence-electron chi connectivity index (χ1n) is 15.4. The van der Waals surface area contributed by atoms with Crippen molar-refractivity contribution in [3.05, 3.63) is 164 Å². The second-order valence-electron chi connectivity index (χ2n) is 11.5. The van der Waals surface area contributed by atoms with Crippen molar-refractivity contribution in [3.63, 3.8) is 0 Å². The van der Waals surface area contributed by atoms with E-state index in [0.717, 1.165) is 66.2 Å². The van der Waals surface area contributed by atoms with Crippen molar-refractivity contribution >= 4 is 73.4 Å². The van der Waals surface area contributed by atoms with Crippen molar-refractivity contribution in [2.75, 3.05) is 4.90 Å². The number of hydrogen-bond acceptors (Lipinski definition) is 3. The van der Waals surface area contributed by atoms with Crippen LogP contribution in [0.3, 0.4) is 0 Å². The fourth-order valence-corrected chi connectivity index (χ4v) is 7.18. The van der Waals surface area contributed by atoms with Crippen molar-refractivity contribution in [2.45, 2.75) is 4.90 Å². The summed E-state index contributed by atoms with van der Waals surface area (Å²) in [7, 11) is 0. The summed E-state index contributed by atoms with van der Waals surface area (Å²) in [6.07, 6.45) is 0. The largest absolute Gasteiger partial charge is 0.456 e. The molecule has 0 amide bonds. The summed E-state index contributed by atoms with van der Waals surface area (Å²) < 4.78 is 8.72. The minimum atomic E-state index is 0.857. The molecule has 4 heteroatoms. The molecular weight excluding hydrogens is 581 g/mol. The SMILES string of the molecule is Sc1cc(N(c2ccc3c4ccccc4n(-c4ccccc4)c3c2)c2cccc3oc4ccccc4c23)ccc1-c1ccccc1. The maximum Gasteiger partial charge on any atom is 0.137 e. The Morgan fingerprint density at radius 1 is 0.500 bits per heavy atom. The Hall–Kier alpha value is -5.71. The van der Waals surface area contributed by atoms with Crippen LogP contribution < -0.4 is 4.90 Å². The summed E-state index contributed by atoms with van der Waals surface area (Å²) in [4.78, 5) is 3.25. The summed E-state index contributed by atoms with van der Waals surface area (Å²) in [6.45, 7) is 0. The third-order valence-electron chi connectivity index (χ3n) is 8.88. The maximum atomic E-state index is 6.36. The standard InChI is InChI=1S/C42H28N2OS/c46-41-27-31(22-24-32(41)28-12-3-1-4-13-28)43(37-19-11-21-40-42(37)35-17-8-10-20-39(35)45-40)30-23-25-34-33-16-7-9-18-36(33)44(38(34)26-30)29-14-5-2-6-15-29/h1-27,46H. The predicted molar refractivity (Wildman–Crippen MR) is 195 cm³/mol. The Labute approximate surface area is 272 Å². The van der Waals surface area contributed by atoms with E-state index in [1.54, 1.807) is 0 Å². The van der Waals surface area contributed by atoms with Crippen LogP contribution in [0.1, 0.15) is 0 Å². The van der Waals surface area contributed by atoms with E-state index >= 15 is 0 Å². The Morgan fingerprint density at radius 3 is 1.98 bits per heavy atom. The highest BCUT2D eigenvalue weighted by atomic mass is 32.1. The fourth-order valence-electron chi connectivity index (χ4n) is 6.84. The maximum absolute atomic E-state index is 6.36. The Balaban J connectivity index is 1.33. The molecule has 0 aliphatic heterocycles. The van der Waals surface area contributed by atoms with Gasteiger partial charge in [-0.25, -0.2) is 0 Å². The summed E-state index contributed by atoms with van der Waals surface area (Å²) >= 11 is 5.03. The number of anilines is 3. The van der Waals surface area contributed by atoms with E-state index in [1.807, 2.05) is 18.2 Å². The van der Waals surface area contributed by atoms with E-state index in [-0.39, 0.29) is 0 Å². The lowest BCUT2D eigenvalue weighted by atomic mass is 10.0. The number of hydrogen-bond donors (Lipinski definition) is 1. The van der Waals surface area contributed by atoms with Gasteiger partial charge in [-0.05, 0) is 71.8 Å². The van der Waals surface area contributed by atoms with Crippen LogP contribution in [0.25, 0.3) is 60.6 Å². The Morgan fingerprint density at radius 2 is 1.15 bits per heavy atom. The molecule has 0 atom stereocenters. The lowest BCUT2D eigenvalue weighted by Crippen LogP contribution is -2.10. The molecule has 3 nitrogen and oxygen atoms in total. The average molecular weight is 609 g/mol. The minimum Gasteiger partial charge on any atom is -0.456 e. The van der Waals surface area contributed by atoms with E-state index in [2.05, 4.69) is 155 Å². The van der Waals surface area contributed by atoms with Crippen LogP contribution in [0.5, 0.6) is 0 Å². The van der Waals surface area contributed by atoms with Crippen molar-refractivity contribution < 1.29 is 4.42 Å². The molecule has 0 saturated heterocycles. The first-order valence-corrected chi connectivity index (χ1v) is 15.9. The number of nitrogens with zero attached hydrogens (tertiary/aromatic N) is 2. The molecule has 2 heterocycles. The summed E-state index contributed by atoms with van der Waals surface area (Å²) in [5.74, 6) is 0. The molecule has 0 radical (unpaired) electrons. The lowest BCUT2D eigenvalue weighted by molar-refractivity contribution is 0.669. The van der Waals surface area contributed by atoms with Gasteiger partial charge >= 0.3 is 0 Å². The zero-order valence-corrected chi connectivity index (χ0v) is 25.7. The topological polar surface area (TPSA) is 21.3 Å². The third kappa shape index (κ3) is 4.22. The van der Waals surface area contributed by atoms with Gasteiger partial charge in [0.15, 0.2) is 0 Å². The summed E-state index contributed by atoms with van der Waals surface area (Å²) in [6, 6.07) is 57.6. The van der Waals surface area contributed by atoms with Gasteiger partial charge in [-0.2, -0.15) is 0 Å². The predicted octanol–water partition coefficient (Wildman–Crippen LogP) is 12.1. The number of fused-ring (bicyclic) bond motifs is 6. The van der Waals surface area contributed by atoms with Crippen molar-refractivity contribution in [1.29, 1.82) is 0 Å². The highest BCUT2D eigenvalue weighted by Gasteiger charge is 2.22. The number of para-hydroxylation sites is 3. The smallest absolute Gasteiger partial charge is 0.137 e. The molecule has 2 aromatic heterocycles. The fraction of sp³-hybridized carbons (Fsp3) is 0. The number of thiol groups is 1. The molecule has 0 saturated carbocycles. The van der Waals surface area contributed by atoms with Gasteiger partial charge in [-0.3, -0.25) is 0 Å². The van der Waals surface area contributed by atoms with Crippen LogP contribution in [0.15, 0.2) is 173 Å². The van der Waals surface area contributed by atoms with Gasteiger partial charge in [0.1, 0.15) is 11.2 Å². The Bertz CT molecular complexity index is 2550. The van der Waals surface area contributed by atoms with Gasteiger partial charge in [-0.15, -0.1) is 12.6 Å². The molecule has 46 heavy (non-hydrogen) atoms. The second-order valence-corrected chi connectivity index (χ2v) is 12.0. The average Bonchev–Trinajstić information content (AvgIpc) is 3.65. The van der Waals surface area contributed by atoms with E-state index < -0.39 is 0 Å². The monoisotopic (exact) mass is 608 g/mol. The lowest BCUT2D eigenvalue weighted by Gasteiger charge is -2.27. The summed E-state index contributed by atoms with van der Waals surface area (Å²) in [5.41, 5.74) is 10.5. The van der Waals surface area contributed by atoms with Crippen LogP contribution in [0.2, 0.25) is 0 Å². The van der Waals surface area contributed by atoms with Crippen LogP contribution >= 0.6 is 12.6 Å². The van der Waals surface area contributed by atoms with Crippen molar-refractivity contribution in [2.24, 2.45) is 0 Å². The molecule has 0 bridgehead atoms. The zero-order chi connectivity index (χ0) is 30.6. The van der Waals surface area contributed by atoms with Crippen molar-refractivity contribution in [1.82, 2.24) is 4.57 Å². The molecule has 0 spiro atoms. The van der Waals surface area contributed by atoms with Gasteiger partial charge in [-0.1, -0.05) is 103 Å². The second kappa shape index (κ2) is 10.7. The van der Waals surface area contributed by atoms with E-state index in [4.69, 9.17) is 17.0 Å². The van der Waals surface area contributed by atoms with E-state index in [0.29, 0.717) is 0 Å². The molecule has 9 rings (SSSR count). The van der Waals surface area contributed by atoms with Crippen LogP contribution in [0, 0.1) is 0 Å². The Kier molecular flexibility index (Phi) is 6.22. The highest BCUT2D eigenvalue weighted by Crippen LogP contribution is 2.45. The van der Waals surface area contributed by atoms with Crippen molar-refractivity contribution in [3.8, 4) is 16.8 Å². The molecule has 0 aliphatic rings. The molecule has 9 aromatic rings. The molecule has 0 fully saturated rings. The van der Waals surface area contributed by atoms with Crippen LogP contribution in [0.4, 0.5) is 17.1 Å². The number of benzene rings is 7. The quantitative estimate of drug-likeness (QED) is 0.196. The molecule has 218 valence electrons. The molecule has 0 aliphatic carbocycles.